The Bertz CT molecular complexity index is 411. The van der Waals surface area contributed by atoms with Gasteiger partial charge < -0.3 is 15.4 Å². The van der Waals surface area contributed by atoms with Gasteiger partial charge in [-0.15, -0.1) is 0 Å². The van der Waals surface area contributed by atoms with Crippen LogP contribution in [0.4, 0.5) is 0 Å². The average molecular weight is 268 g/mol. The molecule has 0 saturated carbocycles. The zero-order chi connectivity index (χ0) is 13.0. The summed E-state index contributed by atoms with van der Waals surface area (Å²) in [6.07, 6.45) is 2.18. The fraction of sp³-hybridized carbons (Fsp3) is 0.615. The van der Waals surface area contributed by atoms with E-state index in [1.165, 1.54) is 0 Å². The number of ether oxygens (including phenoxy) is 1. The van der Waals surface area contributed by atoms with Crippen LogP contribution in [-0.4, -0.2) is 38.3 Å². The Labute approximate surface area is 112 Å². The molecule has 1 atom stereocenters. The summed E-state index contributed by atoms with van der Waals surface area (Å²) in [6, 6.07) is 0. The molecule has 4 nitrogen and oxygen atoms in total. The van der Waals surface area contributed by atoms with E-state index in [1.54, 1.807) is 18.4 Å². The van der Waals surface area contributed by atoms with E-state index in [4.69, 9.17) is 4.74 Å². The van der Waals surface area contributed by atoms with Crippen molar-refractivity contribution in [2.75, 3.05) is 26.8 Å². The van der Waals surface area contributed by atoms with Crippen molar-refractivity contribution in [1.29, 1.82) is 0 Å². The maximum absolute atomic E-state index is 12.1. The number of thiophene rings is 1. The molecule has 1 amide bonds. The minimum Gasteiger partial charge on any atom is -0.383 e. The number of nitrogens with one attached hydrogen (secondary N) is 2. The van der Waals surface area contributed by atoms with Crippen LogP contribution in [-0.2, 0) is 4.74 Å². The van der Waals surface area contributed by atoms with Crippen molar-refractivity contribution in [2.45, 2.75) is 25.3 Å². The van der Waals surface area contributed by atoms with Crippen LogP contribution in [0.1, 0.15) is 28.8 Å². The molecule has 1 aromatic rings. The molecular weight excluding hydrogens is 248 g/mol. The summed E-state index contributed by atoms with van der Waals surface area (Å²) in [5.41, 5.74) is 1.73. The number of methoxy groups -OCH3 is 1. The van der Waals surface area contributed by atoms with Crippen LogP contribution in [0, 0.1) is 6.92 Å². The molecule has 0 spiro atoms. The third-order valence-corrected chi connectivity index (χ3v) is 4.30. The number of carbonyl (C=O) groups excluding carboxylic acids is 1. The molecule has 18 heavy (non-hydrogen) atoms. The van der Waals surface area contributed by atoms with Gasteiger partial charge in [0.2, 0.25) is 0 Å². The van der Waals surface area contributed by atoms with E-state index in [1.807, 2.05) is 17.7 Å². The minimum absolute atomic E-state index is 0.0120. The van der Waals surface area contributed by atoms with E-state index < -0.39 is 0 Å². The fourth-order valence-electron chi connectivity index (χ4n) is 2.41. The van der Waals surface area contributed by atoms with Crippen molar-refractivity contribution < 1.29 is 9.53 Å². The molecule has 0 radical (unpaired) electrons. The lowest BCUT2D eigenvalue weighted by Gasteiger charge is -2.28. The Morgan fingerprint density at radius 2 is 2.44 bits per heavy atom. The van der Waals surface area contributed by atoms with E-state index >= 15 is 0 Å². The molecule has 1 fully saturated rings. The number of aryl methyl sites for hydroxylation is 1. The zero-order valence-electron chi connectivity index (χ0n) is 10.9. The molecule has 2 heterocycles. The first-order valence-electron chi connectivity index (χ1n) is 6.22. The first-order chi connectivity index (χ1) is 8.67. The molecule has 1 unspecified atom stereocenters. The molecule has 100 valence electrons. The third kappa shape index (κ3) is 2.91. The first-order valence-corrected chi connectivity index (χ1v) is 7.16. The van der Waals surface area contributed by atoms with E-state index in [-0.39, 0.29) is 11.4 Å². The van der Waals surface area contributed by atoms with Gasteiger partial charge in [0.05, 0.1) is 17.7 Å². The zero-order valence-corrected chi connectivity index (χ0v) is 11.7. The van der Waals surface area contributed by atoms with Crippen molar-refractivity contribution in [3.63, 3.8) is 0 Å². The third-order valence-electron chi connectivity index (χ3n) is 3.44. The molecule has 5 heteroatoms. The van der Waals surface area contributed by atoms with E-state index in [9.17, 15) is 4.79 Å². The van der Waals surface area contributed by atoms with Crippen molar-refractivity contribution in [3.8, 4) is 0 Å². The van der Waals surface area contributed by atoms with E-state index in [0.717, 1.165) is 30.5 Å². The lowest BCUT2D eigenvalue weighted by atomic mass is 9.98. The number of amides is 1. The maximum atomic E-state index is 12.1. The lowest BCUT2D eigenvalue weighted by Crippen LogP contribution is -2.53. The highest BCUT2D eigenvalue weighted by molar-refractivity contribution is 7.08. The monoisotopic (exact) mass is 268 g/mol. The van der Waals surface area contributed by atoms with Crippen molar-refractivity contribution in [2.24, 2.45) is 0 Å². The Hall–Kier alpha value is -0.910. The SMILES string of the molecule is COCC1(CNC(=O)c2cscc2C)CCCN1. The van der Waals surface area contributed by atoms with Crippen LogP contribution in [0.25, 0.3) is 0 Å². The van der Waals surface area contributed by atoms with Gasteiger partial charge in [-0.1, -0.05) is 0 Å². The summed E-state index contributed by atoms with van der Waals surface area (Å²) in [6.45, 7) is 4.21. The van der Waals surface area contributed by atoms with Crippen LogP contribution in [0.5, 0.6) is 0 Å². The van der Waals surface area contributed by atoms with Crippen molar-refractivity contribution >= 4 is 17.2 Å². The highest BCUT2D eigenvalue weighted by atomic mass is 32.1. The predicted octanol–water partition coefficient (Wildman–Crippen LogP) is 1.55. The summed E-state index contributed by atoms with van der Waals surface area (Å²) in [4.78, 5) is 12.1. The molecular formula is C13H20N2O2S. The Morgan fingerprint density at radius 1 is 1.61 bits per heavy atom. The highest BCUT2D eigenvalue weighted by Gasteiger charge is 2.33. The standard InChI is InChI=1S/C13H20N2O2S/c1-10-6-18-7-11(10)12(16)14-8-13(9-17-2)4-3-5-15-13/h6-7,15H,3-5,8-9H2,1-2H3,(H,14,16). The molecule has 1 aromatic heterocycles. The van der Waals surface area contributed by atoms with Gasteiger partial charge in [0.25, 0.3) is 5.91 Å². The highest BCUT2D eigenvalue weighted by Crippen LogP contribution is 2.19. The molecule has 0 aromatic carbocycles. The first kappa shape index (κ1) is 13.5. The van der Waals surface area contributed by atoms with Gasteiger partial charge >= 0.3 is 0 Å². The summed E-state index contributed by atoms with van der Waals surface area (Å²) >= 11 is 1.56. The second-order valence-corrected chi connectivity index (χ2v) is 5.64. The molecule has 1 aliphatic rings. The van der Waals surface area contributed by atoms with Crippen LogP contribution in [0.3, 0.4) is 0 Å². The van der Waals surface area contributed by atoms with E-state index in [0.29, 0.717) is 13.2 Å². The smallest absolute Gasteiger partial charge is 0.252 e. The van der Waals surface area contributed by atoms with E-state index in [2.05, 4.69) is 10.6 Å². The minimum atomic E-state index is -0.0890. The summed E-state index contributed by atoms with van der Waals surface area (Å²) in [7, 11) is 1.70. The van der Waals surface area contributed by atoms with Crippen molar-refractivity contribution in [3.05, 3.63) is 21.9 Å². The number of hydrogen-bond acceptors (Lipinski definition) is 4. The van der Waals surface area contributed by atoms with Crippen LogP contribution >= 0.6 is 11.3 Å². The summed E-state index contributed by atoms with van der Waals surface area (Å²) in [5, 5.41) is 10.4. The topological polar surface area (TPSA) is 50.4 Å². The second-order valence-electron chi connectivity index (χ2n) is 4.89. The molecule has 1 aliphatic heterocycles. The Balaban J connectivity index is 1.94. The molecule has 0 bridgehead atoms. The summed E-state index contributed by atoms with van der Waals surface area (Å²) < 4.78 is 5.26. The van der Waals surface area contributed by atoms with Gasteiger partial charge in [-0.3, -0.25) is 4.79 Å². The second kappa shape index (κ2) is 5.82. The van der Waals surface area contributed by atoms with Gasteiger partial charge in [-0.25, -0.2) is 0 Å². The van der Waals surface area contributed by atoms with Crippen LogP contribution in [0.2, 0.25) is 0 Å². The molecule has 1 saturated heterocycles. The largest absolute Gasteiger partial charge is 0.383 e. The average Bonchev–Trinajstić information content (AvgIpc) is 2.97. The summed E-state index contributed by atoms with van der Waals surface area (Å²) in [5.74, 6) is 0.0120. The van der Waals surface area contributed by atoms with Crippen molar-refractivity contribution in [1.82, 2.24) is 10.6 Å². The van der Waals surface area contributed by atoms with Crippen LogP contribution < -0.4 is 10.6 Å². The Morgan fingerprint density at radius 3 is 3.00 bits per heavy atom. The number of rotatable bonds is 5. The maximum Gasteiger partial charge on any atom is 0.252 e. The van der Waals surface area contributed by atoms with Gasteiger partial charge in [0.1, 0.15) is 0 Å². The van der Waals surface area contributed by atoms with Gasteiger partial charge in [-0.2, -0.15) is 11.3 Å². The number of hydrogen-bond donors (Lipinski definition) is 2. The Kier molecular flexibility index (Phi) is 4.37. The lowest BCUT2D eigenvalue weighted by molar-refractivity contribution is 0.0892. The van der Waals surface area contributed by atoms with Gasteiger partial charge in [0, 0.05) is 19.0 Å². The normalized spacial score (nSPS) is 23.2. The fourth-order valence-corrected chi connectivity index (χ4v) is 3.24. The molecule has 0 aliphatic carbocycles. The van der Waals surface area contributed by atoms with Gasteiger partial charge in [0.15, 0.2) is 0 Å². The van der Waals surface area contributed by atoms with Crippen LogP contribution in [0.15, 0.2) is 10.8 Å². The predicted molar refractivity (Wildman–Crippen MR) is 73.2 cm³/mol. The number of carbonyl (C=O) groups is 1. The quantitative estimate of drug-likeness (QED) is 0.852. The molecule has 2 N–H and O–H groups in total. The molecule has 2 rings (SSSR count). The van der Waals surface area contributed by atoms with Gasteiger partial charge in [-0.05, 0) is 37.3 Å².